The van der Waals surface area contributed by atoms with Crippen LogP contribution in [-0.2, 0) is 4.79 Å². The molecule has 1 amide bonds. The molecule has 0 bridgehead atoms. The number of amides is 1. The Bertz CT molecular complexity index is 1360. The first kappa shape index (κ1) is 26.0. The number of benzene rings is 1. The summed E-state index contributed by atoms with van der Waals surface area (Å²) in [6.45, 7) is 4.05. The highest BCUT2D eigenvalue weighted by atomic mass is 32.1. The molecule has 0 atom stereocenters. The van der Waals surface area contributed by atoms with E-state index in [1.165, 1.54) is 6.20 Å². The van der Waals surface area contributed by atoms with Crippen LogP contribution in [0.15, 0.2) is 60.3 Å². The first-order valence-electron chi connectivity index (χ1n) is 11.8. The number of carboxylic acid groups (broad SMARTS) is 1. The van der Waals surface area contributed by atoms with Gasteiger partial charge in [0.2, 0.25) is 5.13 Å². The molecule has 0 spiro atoms. The van der Waals surface area contributed by atoms with Gasteiger partial charge in [0.1, 0.15) is 5.75 Å². The van der Waals surface area contributed by atoms with E-state index in [0.29, 0.717) is 53.1 Å². The summed E-state index contributed by atoms with van der Waals surface area (Å²) in [5.74, 6) is -0.494. The van der Waals surface area contributed by atoms with Crippen LogP contribution in [0.25, 0.3) is 11.1 Å². The van der Waals surface area contributed by atoms with Crippen molar-refractivity contribution in [3.05, 3.63) is 71.6 Å². The lowest BCUT2D eigenvalue weighted by Crippen LogP contribution is -2.16. The fourth-order valence-corrected chi connectivity index (χ4v) is 4.64. The molecule has 2 heterocycles. The molecule has 0 radical (unpaired) electrons. The molecule has 3 aromatic rings. The summed E-state index contributed by atoms with van der Waals surface area (Å²) in [7, 11) is 1.59. The van der Waals surface area contributed by atoms with Crippen LogP contribution in [0.3, 0.4) is 0 Å². The predicted octanol–water partition coefficient (Wildman–Crippen LogP) is 5.31. The number of ether oxygens (including phenoxy) is 2. The molecule has 0 saturated heterocycles. The maximum Gasteiger partial charge on any atom is 0.314 e. The number of hydrogen-bond acceptors (Lipinski definition) is 8. The van der Waals surface area contributed by atoms with Gasteiger partial charge in [0.05, 0.1) is 24.7 Å². The molecule has 1 saturated carbocycles. The molecule has 2 N–H and O–H groups in total. The molecule has 0 unspecified atom stereocenters. The topological polar surface area (TPSA) is 124 Å². The number of rotatable bonds is 11. The molecule has 10 heteroatoms. The minimum Gasteiger partial charge on any atom is -0.496 e. The van der Waals surface area contributed by atoms with Crippen LogP contribution in [-0.4, -0.2) is 45.9 Å². The summed E-state index contributed by atoms with van der Waals surface area (Å²) < 4.78 is 11.1. The SMILES string of the molecule is C/C=C(\C=C/CCOc1nnc(NC(=O)c2cnc(C)cc2-c2ccccc2OC)s1)C1(C(=O)O)CC1. The number of aromatic nitrogens is 3. The smallest absolute Gasteiger partial charge is 0.314 e. The number of nitrogens with zero attached hydrogens (tertiary/aromatic N) is 3. The van der Waals surface area contributed by atoms with Crippen LogP contribution < -0.4 is 14.8 Å². The van der Waals surface area contributed by atoms with E-state index in [0.717, 1.165) is 28.2 Å². The Kier molecular flexibility index (Phi) is 7.98. The molecule has 37 heavy (non-hydrogen) atoms. The van der Waals surface area contributed by atoms with Gasteiger partial charge in [-0.2, -0.15) is 0 Å². The zero-order valence-corrected chi connectivity index (χ0v) is 21.7. The van der Waals surface area contributed by atoms with Crippen molar-refractivity contribution in [3.63, 3.8) is 0 Å². The predicted molar refractivity (Wildman–Crippen MR) is 141 cm³/mol. The molecule has 1 fully saturated rings. The molecule has 4 rings (SSSR count). The van der Waals surface area contributed by atoms with Gasteiger partial charge in [-0.15, -0.1) is 5.10 Å². The second-order valence-electron chi connectivity index (χ2n) is 8.57. The summed E-state index contributed by atoms with van der Waals surface area (Å²) in [6, 6.07) is 9.32. The lowest BCUT2D eigenvalue weighted by atomic mass is 9.95. The van der Waals surface area contributed by atoms with Crippen LogP contribution in [0.2, 0.25) is 0 Å². The van der Waals surface area contributed by atoms with E-state index in [9.17, 15) is 14.7 Å². The van der Waals surface area contributed by atoms with E-state index in [-0.39, 0.29) is 5.91 Å². The minimum atomic E-state index is -0.776. The Hall–Kier alpha value is -4.05. The zero-order valence-electron chi connectivity index (χ0n) is 20.9. The number of methoxy groups -OCH3 is 1. The summed E-state index contributed by atoms with van der Waals surface area (Å²) in [5, 5.41) is 20.8. The van der Waals surface area contributed by atoms with E-state index >= 15 is 0 Å². The quantitative estimate of drug-likeness (QED) is 0.258. The van der Waals surface area contributed by atoms with Crippen LogP contribution in [0.1, 0.15) is 42.2 Å². The van der Waals surface area contributed by atoms with Crippen molar-refractivity contribution in [2.75, 3.05) is 19.0 Å². The van der Waals surface area contributed by atoms with Gasteiger partial charge in [0, 0.05) is 23.0 Å². The average molecular weight is 521 g/mol. The van der Waals surface area contributed by atoms with Gasteiger partial charge < -0.3 is 14.6 Å². The van der Waals surface area contributed by atoms with Gasteiger partial charge in [-0.3, -0.25) is 19.9 Å². The maximum atomic E-state index is 13.1. The Labute approximate surface area is 218 Å². The maximum absolute atomic E-state index is 13.1. The van der Waals surface area contributed by atoms with Crippen molar-refractivity contribution in [3.8, 4) is 22.1 Å². The third-order valence-corrected chi connectivity index (χ3v) is 6.89. The van der Waals surface area contributed by atoms with E-state index in [1.807, 2.05) is 62.4 Å². The highest BCUT2D eigenvalue weighted by Crippen LogP contribution is 2.52. The van der Waals surface area contributed by atoms with Crippen molar-refractivity contribution in [2.24, 2.45) is 5.41 Å². The molecule has 192 valence electrons. The number of carboxylic acids is 1. The van der Waals surface area contributed by atoms with Gasteiger partial charge in [-0.1, -0.05) is 41.5 Å². The van der Waals surface area contributed by atoms with Crippen molar-refractivity contribution < 1.29 is 24.2 Å². The first-order chi connectivity index (χ1) is 17.9. The normalized spacial score (nSPS) is 14.4. The summed E-state index contributed by atoms with van der Waals surface area (Å²) >= 11 is 1.12. The lowest BCUT2D eigenvalue weighted by Gasteiger charge is -2.13. The van der Waals surface area contributed by atoms with E-state index in [1.54, 1.807) is 7.11 Å². The van der Waals surface area contributed by atoms with E-state index < -0.39 is 11.4 Å². The summed E-state index contributed by atoms with van der Waals surface area (Å²) in [4.78, 5) is 28.9. The van der Waals surface area contributed by atoms with Gasteiger partial charge in [-0.25, -0.2) is 0 Å². The zero-order chi connectivity index (χ0) is 26.4. The third kappa shape index (κ3) is 5.86. The van der Waals surface area contributed by atoms with E-state index in [2.05, 4.69) is 20.5 Å². The minimum absolute atomic E-state index is 0.301. The summed E-state index contributed by atoms with van der Waals surface area (Å²) in [5.41, 5.74) is 2.73. The van der Waals surface area contributed by atoms with Gasteiger partial charge in [-0.05, 0) is 62.2 Å². The number of carbonyl (C=O) groups excluding carboxylic acids is 1. The number of pyridine rings is 1. The monoisotopic (exact) mass is 520 g/mol. The molecule has 1 aromatic carbocycles. The van der Waals surface area contributed by atoms with Crippen molar-refractivity contribution in [1.82, 2.24) is 15.2 Å². The van der Waals surface area contributed by atoms with Crippen LogP contribution >= 0.6 is 11.3 Å². The van der Waals surface area contributed by atoms with Crippen molar-refractivity contribution in [1.29, 1.82) is 0 Å². The molecule has 1 aliphatic carbocycles. The largest absolute Gasteiger partial charge is 0.496 e. The number of allylic oxidation sites excluding steroid dienone is 2. The first-order valence-corrected chi connectivity index (χ1v) is 12.6. The highest BCUT2D eigenvalue weighted by Gasteiger charge is 2.52. The highest BCUT2D eigenvalue weighted by molar-refractivity contribution is 7.17. The average Bonchev–Trinajstić information content (AvgIpc) is 3.59. The number of nitrogens with one attached hydrogen (secondary N) is 1. The van der Waals surface area contributed by atoms with Crippen molar-refractivity contribution >= 4 is 28.3 Å². The molecule has 2 aromatic heterocycles. The van der Waals surface area contributed by atoms with Crippen LogP contribution in [0.5, 0.6) is 10.9 Å². The van der Waals surface area contributed by atoms with Crippen LogP contribution in [0, 0.1) is 12.3 Å². The number of para-hydroxylation sites is 1. The molecule has 9 nitrogen and oxygen atoms in total. The molecule has 0 aliphatic heterocycles. The summed E-state index contributed by atoms with van der Waals surface area (Å²) in [6.07, 6.45) is 9.04. The second-order valence-corrected chi connectivity index (χ2v) is 9.51. The molecular weight excluding hydrogens is 492 g/mol. The van der Waals surface area contributed by atoms with Gasteiger partial charge in [0.25, 0.3) is 11.1 Å². The van der Waals surface area contributed by atoms with E-state index in [4.69, 9.17) is 9.47 Å². The molecule has 1 aliphatic rings. The van der Waals surface area contributed by atoms with Crippen molar-refractivity contribution in [2.45, 2.75) is 33.1 Å². The lowest BCUT2D eigenvalue weighted by molar-refractivity contribution is -0.141. The fourth-order valence-electron chi connectivity index (χ4n) is 4.02. The third-order valence-electron chi connectivity index (χ3n) is 6.14. The van der Waals surface area contributed by atoms with Gasteiger partial charge >= 0.3 is 5.97 Å². The second kappa shape index (κ2) is 11.3. The Balaban J connectivity index is 1.37. The number of aryl methyl sites for hydroxylation is 1. The standard InChI is InChI=1S/C27H28N4O5S/c1-4-18(27(12-13-27)24(33)34)9-7-8-14-36-26-31-30-25(37-26)29-23(32)21-16-28-17(2)15-20(21)19-10-5-6-11-22(19)35-3/h4-7,9-11,15-16H,8,12-14H2,1-3H3,(H,33,34)(H,29,30,32)/b9-7-,18-4+. The Morgan fingerprint density at radius 3 is 2.70 bits per heavy atom. The Morgan fingerprint density at radius 1 is 1.22 bits per heavy atom. The number of aliphatic carboxylic acids is 1. The fraction of sp³-hybridized carbons (Fsp3) is 0.296. The molecular formula is C27H28N4O5S. The number of carbonyl (C=O) groups is 2. The number of hydrogen-bond donors (Lipinski definition) is 2. The van der Waals surface area contributed by atoms with Gasteiger partial charge in [0.15, 0.2) is 0 Å². The Morgan fingerprint density at radius 2 is 2.00 bits per heavy atom. The van der Waals surface area contributed by atoms with Crippen LogP contribution in [0.4, 0.5) is 5.13 Å². The number of anilines is 1.